The number of carbonyl (C=O) groups excluding carboxylic acids is 1. The Hall–Kier alpha value is -1.89. The van der Waals surface area contributed by atoms with Gasteiger partial charge in [-0.3, -0.25) is 14.8 Å². The first-order valence-electron chi connectivity index (χ1n) is 6.45. The summed E-state index contributed by atoms with van der Waals surface area (Å²) in [5.41, 5.74) is 1.17. The van der Waals surface area contributed by atoms with Crippen LogP contribution in [0, 0.1) is 12.7 Å². The highest BCUT2D eigenvalue weighted by molar-refractivity contribution is 7.98. The van der Waals surface area contributed by atoms with Crippen molar-refractivity contribution in [2.75, 3.05) is 24.1 Å². The molecule has 0 unspecified atom stereocenters. The molecule has 0 atom stereocenters. The van der Waals surface area contributed by atoms with Crippen LogP contribution < -0.4 is 5.01 Å². The van der Waals surface area contributed by atoms with E-state index < -0.39 is 5.82 Å². The maximum atomic E-state index is 13.2. The molecular weight excluding hydrogens is 291 g/mol. The predicted octanol–water partition coefficient (Wildman–Crippen LogP) is 2.24. The zero-order valence-corrected chi connectivity index (χ0v) is 13.0. The van der Waals surface area contributed by atoms with Gasteiger partial charge in [-0.15, -0.1) is 0 Å². The minimum atomic E-state index is -0.413. The summed E-state index contributed by atoms with van der Waals surface area (Å²) in [6.45, 7) is 1.80. The van der Waals surface area contributed by atoms with E-state index in [2.05, 4.69) is 9.97 Å². The van der Waals surface area contributed by atoms with E-state index in [1.54, 1.807) is 42.8 Å². The van der Waals surface area contributed by atoms with Crippen LogP contribution in [-0.2, 0) is 4.79 Å². The van der Waals surface area contributed by atoms with Gasteiger partial charge in [0, 0.05) is 31.0 Å². The van der Waals surface area contributed by atoms with Gasteiger partial charge >= 0.3 is 0 Å². The quantitative estimate of drug-likeness (QED) is 0.850. The van der Waals surface area contributed by atoms with E-state index in [9.17, 15) is 9.18 Å². The molecule has 0 saturated carbocycles. The lowest BCUT2D eigenvalue weighted by molar-refractivity contribution is -0.119. The second kappa shape index (κ2) is 6.71. The lowest BCUT2D eigenvalue weighted by Gasteiger charge is -2.19. The minimum absolute atomic E-state index is 0.00812. The third kappa shape index (κ3) is 3.60. The Labute approximate surface area is 127 Å². The standard InChI is InChI=1S/C14H17FN4OS/c1-10-17-13(11-6-12(15)8-16-7-11)9-19(10)18(2)14(20)4-5-21-3/h6-9H,4-5H2,1-3H3. The number of carbonyl (C=O) groups is 1. The van der Waals surface area contributed by atoms with E-state index in [0.29, 0.717) is 23.5 Å². The lowest BCUT2D eigenvalue weighted by Crippen LogP contribution is -2.37. The van der Waals surface area contributed by atoms with Gasteiger partial charge in [-0.05, 0) is 19.2 Å². The summed E-state index contributed by atoms with van der Waals surface area (Å²) < 4.78 is 14.9. The highest BCUT2D eigenvalue weighted by atomic mass is 32.2. The number of hydrogen-bond acceptors (Lipinski definition) is 4. The monoisotopic (exact) mass is 308 g/mol. The molecule has 2 heterocycles. The van der Waals surface area contributed by atoms with Crippen molar-refractivity contribution in [3.05, 3.63) is 36.3 Å². The minimum Gasteiger partial charge on any atom is -0.273 e. The van der Waals surface area contributed by atoms with E-state index in [4.69, 9.17) is 0 Å². The molecule has 2 aromatic rings. The van der Waals surface area contributed by atoms with Crippen LogP contribution in [0.4, 0.5) is 4.39 Å². The molecule has 21 heavy (non-hydrogen) atoms. The van der Waals surface area contributed by atoms with Crippen LogP contribution in [0.5, 0.6) is 0 Å². The van der Waals surface area contributed by atoms with Crippen LogP contribution >= 0.6 is 11.8 Å². The van der Waals surface area contributed by atoms with Crippen molar-refractivity contribution in [3.8, 4) is 11.3 Å². The van der Waals surface area contributed by atoms with Crippen molar-refractivity contribution >= 4 is 17.7 Å². The van der Waals surface area contributed by atoms with E-state index >= 15 is 0 Å². The summed E-state index contributed by atoms with van der Waals surface area (Å²) in [6.07, 6.45) is 6.83. The molecule has 2 rings (SSSR count). The topological polar surface area (TPSA) is 51.0 Å². The van der Waals surface area contributed by atoms with Gasteiger partial charge in [0.1, 0.15) is 11.6 Å². The number of thioether (sulfide) groups is 1. The molecular formula is C14H17FN4OS. The molecule has 7 heteroatoms. The Morgan fingerprint density at radius 1 is 1.48 bits per heavy atom. The smallest absolute Gasteiger partial charge is 0.241 e. The molecule has 2 aromatic heterocycles. The summed E-state index contributed by atoms with van der Waals surface area (Å²) in [6, 6.07) is 1.37. The fourth-order valence-corrected chi connectivity index (χ4v) is 2.31. The zero-order valence-electron chi connectivity index (χ0n) is 12.2. The van der Waals surface area contributed by atoms with Gasteiger partial charge in [-0.25, -0.2) is 14.1 Å². The summed E-state index contributed by atoms with van der Waals surface area (Å²) in [5.74, 6) is 1.03. The maximum absolute atomic E-state index is 13.2. The average molecular weight is 308 g/mol. The zero-order chi connectivity index (χ0) is 15.4. The summed E-state index contributed by atoms with van der Waals surface area (Å²) >= 11 is 1.63. The van der Waals surface area contributed by atoms with E-state index in [-0.39, 0.29) is 5.91 Å². The number of pyridine rings is 1. The number of rotatable bonds is 5. The molecule has 0 radical (unpaired) electrons. The summed E-state index contributed by atoms with van der Waals surface area (Å²) in [4.78, 5) is 20.2. The second-order valence-corrected chi connectivity index (χ2v) is 5.56. The fraction of sp³-hybridized carbons (Fsp3) is 0.357. The fourth-order valence-electron chi connectivity index (χ4n) is 1.93. The largest absolute Gasteiger partial charge is 0.273 e. The van der Waals surface area contributed by atoms with Crippen LogP contribution in [-0.4, -0.2) is 39.6 Å². The molecule has 0 aromatic carbocycles. The SMILES string of the molecule is CSCCC(=O)N(C)n1cc(-c2cncc(F)c2)nc1C. The second-order valence-electron chi connectivity index (χ2n) is 4.57. The third-order valence-corrected chi connectivity index (χ3v) is 3.68. The number of hydrogen-bond donors (Lipinski definition) is 0. The molecule has 0 aliphatic rings. The van der Waals surface area contributed by atoms with Crippen molar-refractivity contribution in [1.29, 1.82) is 0 Å². The first kappa shape index (κ1) is 15.5. The molecule has 0 aliphatic carbocycles. The van der Waals surface area contributed by atoms with Gasteiger partial charge < -0.3 is 0 Å². The van der Waals surface area contributed by atoms with Crippen molar-refractivity contribution < 1.29 is 9.18 Å². The van der Waals surface area contributed by atoms with Crippen LogP contribution in [0.3, 0.4) is 0 Å². The van der Waals surface area contributed by atoms with Gasteiger partial charge in [0.05, 0.1) is 18.1 Å². The Morgan fingerprint density at radius 3 is 2.90 bits per heavy atom. The van der Waals surface area contributed by atoms with E-state index in [1.165, 1.54) is 11.1 Å². The van der Waals surface area contributed by atoms with Gasteiger partial charge in [-0.1, -0.05) is 0 Å². The molecule has 0 fully saturated rings. The number of aromatic nitrogens is 3. The molecule has 0 bridgehead atoms. The number of halogens is 1. The Balaban J connectivity index is 2.25. The van der Waals surface area contributed by atoms with Gasteiger partial charge in [-0.2, -0.15) is 11.8 Å². The lowest BCUT2D eigenvalue weighted by atomic mass is 10.2. The maximum Gasteiger partial charge on any atom is 0.241 e. The number of amides is 1. The van der Waals surface area contributed by atoms with Gasteiger partial charge in [0.2, 0.25) is 5.91 Å². The highest BCUT2D eigenvalue weighted by Crippen LogP contribution is 2.18. The molecule has 112 valence electrons. The normalized spacial score (nSPS) is 10.7. The number of imidazole rings is 1. The Bertz CT molecular complexity index is 644. The molecule has 0 spiro atoms. The van der Waals surface area contributed by atoms with E-state index in [0.717, 1.165) is 11.9 Å². The first-order valence-corrected chi connectivity index (χ1v) is 7.85. The van der Waals surface area contributed by atoms with Crippen LogP contribution in [0.1, 0.15) is 12.2 Å². The van der Waals surface area contributed by atoms with Crippen molar-refractivity contribution in [1.82, 2.24) is 14.6 Å². The summed E-state index contributed by atoms with van der Waals surface area (Å²) in [5, 5.41) is 1.52. The Kier molecular flexibility index (Phi) is 4.95. The first-order chi connectivity index (χ1) is 10.0. The van der Waals surface area contributed by atoms with Crippen molar-refractivity contribution in [2.45, 2.75) is 13.3 Å². The van der Waals surface area contributed by atoms with Crippen molar-refractivity contribution in [3.63, 3.8) is 0 Å². The van der Waals surface area contributed by atoms with Crippen LogP contribution in [0.15, 0.2) is 24.7 Å². The van der Waals surface area contributed by atoms with Crippen LogP contribution in [0.25, 0.3) is 11.3 Å². The van der Waals surface area contributed by atoms with Crippen molar-refractivity contribution in [2.24, 2.45) is 0 Å². The van der Waals surface area contributed by atoms with Crippen LogP contribution in [0.2, 0.25) is 0 Å². The number of aryl methyl sites for hydroxylation is 1. The van der Waals surface area contributed by atoms with Gasteiger partial charge in [0.15, 0.2) is 0 Å². The van der Waals surface area contributed by atoms with E-state index in [1.807, 2.05) is 6.26 Å². The predicted molar refractivity (Wildman–Crippen MR) is 82.3 cm³/mol. The molecule has 0 saturated heterocycles. The third-order valence-electron chi connectivity index (χ3n) is 3.06. The number of nitrogens with zero attached hydrogens (tertiary/aromatic N) is 4. The summed E-state index contributed by atoms with van der Waals surface area (Å²) in [7, 11) is 1.70. The molecule has 5 nitrogen and oxygen atoms in total. The molecule has 0 N–H and O–H groups in total. The molecule has 0 aliphatic heterocycles. The van der Waals surface area contributed by atoms with Gasteiger partial charge in [0.25, 0.3) is 0 Å². The average Bonchev–Trinajstić information content (AvgIpc) is 2.86. The Morgan fingerprint density at radius 2 is 2.24 bits per heavy atom. The highest BCUT2D eigenvalue weighted by Gasteiger charge is 2.15. The molecule has 1 amide bonds.